The molecule has 1 saturated carbocycles. The van der Waals surface area contributed by atoms with Gasteiger partial charge in [-0.2, -0.15) is 16.6 Å². The van der Waals surface area contributed by atoms with E-state index in [1.165, 1.54) is 11.1 Å². The van der Waals surface area contributed by atoms with Crippen LogP contribution >= 0.6 is 11.3 Å². The van der Waals surface area contributed by atoms with Gasteiger partial charge in [0.2, 0.25) is 0 Å². The van der Waals surface area contributed by atoms with Crippen LogP contribution in [0.25, 0.3) is 0 Å². The Morgan fingerprint density at radius 3 is 2.65 bits per heavy atom. The van der Waals surface area contributed by atoms with Gasteiger partial charge in [0, 0.05) is 12.6 Å². The largest absolute Gasteiger partial charge is 0.310 e. The molecule has 0 saturated heterocycles. The molecular formula is C17H18N2S. The van der Waals surface area contributed by atoms with Gasteiger partial charge < -0.3 is 5.32 Å². The summed E-state index contributed by atoms with van der Waals surface area (Å²) in [7, 11) is 0. The zero-order valence-electron chi connectivity index (χ0n) is 11.6. The second-order valence-electron chi connectivity index (χ2n) is 5.63. The summed E-state index contributed by atoms with van der Waals surface area (Å²) in [4.78, 5) is 0. The maximum atomic E-state index is 9.53. The van der Waals surface area contributed by atoms with Gasteiger partial charge in [-0.05, 0) is 47.2 Å². The Kier molecular flexibility index (Phi) is 3.60. The van der Waals surface area contributed by atoms with Crippen molar-refractivity contribution in [3.8, 4) is 6.07 Å². The van der Waals surface area contributed by atoms with E-state index in [2.05, 4.69) is 41.2 Å². The normalized spacial score (nSPS) is 24.9. The number of thiophene rings is 1. The Hall–Kier alpha value is -1.63. The second kappa shape index (κ2) is 5.40. The minimum Gasteiger partial charge on any atom is -0.310 e. The van der Waals surface area contributed by atoms with Crippen LogP contribution in [0, 0.1) is 18.3 Å². The van der Waals surface area contributed by atoms with Gasteiger partial charge in [0.25, 0.3) is 0 Å². The molecular weight excluding hydrogens is 264 g/mol. The molecule has 2 nitrogen and oxygen atoms in total. The molecule has 1 aliphatic carbocycles. The van der Waals surface area contributed by atoms with Crippen LogP contribution in [0.4, 0.5) is 0 Å². The first-order chi connectivity index (χ1) is 9.73. The van der Waals surface area contributed by atoms with Crippen LogP contribution in [0.15, 0.2) is 41.1 Å². The van der Waals surface area contributed by atoms with Crippen molar-refractivity contribution in [2.45, 2.75) is 37.8 Å². The molecule has 2 aromatic rings. The quantitative estimate of drug-likeness (QED) is 0.926. The van der Waals surface area contributed by atoms with E-state index < -0.39 is 0 Å². The third kappa shape index (κ3) is 2.37. The zero-order chi connectivity index (χ0) is 14.0. The lowest BCUT2D eigenvalue weighted by Gasteiger charge is -2.43. The molecule has 1 aromatic heterocycles. The molecule has 3 heteroatoms. The number of hydrogen-bond donors (Lipinski definition) is 1. The molecule has 3 rings (SSSR count). The standard InChI is InChI=1S/C17H18N2S/c1-13-10-20-11-14(13)9-19-16-7-17(8-16,12-18)15-5-3-2-4-6-15/h2-6,10-11,16,19H,7-9H2,1H3. The summed E-state index contributed by atoms with van der Waals surface area (Å²) in [6.45, 7) is 3.06. The highest BCUT2D eigenvalue weighted by molar-refractivity contribution is 7.08. The van der Waals surface area contributed by atoms with Crippen LogP contribution in [0.5, 0.6) is 0 Å². The molecule has 20 heavy (non-hydrogen) atoms. The van der Waals surface area contributed by atoms with Crippen LogP contribution in [0.3, 0.4) is 0 Å². The monoisotopic (exact) mass is 282 g/mol. The first-order valence-corrected chi connectivity index (χ1v) is 7.90. The number of nitrogens with zero attached hydrogens (tertiary/aromatic N) is 1. The Labute approximate surface area is 124 Å². The molecule has 0 amide bonds. The predicted molar refractivity (Wildman–Crippen MR) is 82.7 cm³/mol. The van der Waals surface area contributed by atoms with Gasteiger partial charge >= 0.3 is 0 Å². The third-order valence-corrected chi connectivity index (χ3v) is 5.18. The van der Waals surface area contributed by atoms with Crippen molar-refractivity contribution in [3.63, 3.8) is 0 Å². The van der Waals surface area contributed by atoms with Crippen LogP contribution in [0.2, 0.25) is 0 Å². The first-order valence-electron chi connectivity index (χ1n) is 6.95. The van der Waals surface area contributed by atoms with Crippen molar-refractivity contribution in [1.82, 2.24) is 5.32 Å². The third-order valence-electron chi connectivity index (χ3n) is 4.27. The van der Waals surface area contributed by atoms with E-state index in [1.807, 2.05) is 18.2 Å². The molecule has 1 heterocycles. The minimum absolute atomic E-state index is 0.275. The molecule has 0 radical (unpaired) electrons. The molecule has 0 aliphatic heterocycles. The van der Waals surface area contributed by atoms with Gasteiger partial charge in [0.15, 0.2) is 0 Å². The highest BCUT2D eigenvalue weighted by Crippen LogP contribution is 2.43. The molecule has 1 aliphatic rings. The number of aryl methyl sites for hydroxylation is 1. The Balaban J connectivity index is 1.60. The summed E-state index contributed by atoms with van der Waals surface area (Å²) in [5.41, 5.74) is 3.62. The van der Waals surface area contributed by atoms with Gasteiger partial charge in [-0.15, -0.1) is 0 Å². The van der Waals surface area contributed by atoms with Crippen LogP contribution in [-0.2, 0) is 12.0 Å². The van der Waals surface area contributed by atoms with Gasteiger partial charge in [0.1, 0.15) is 0 Å². The summed E-state index contributed by atoms with van der Waals surface area (Å²) in [6, 6.07) is 13.2. The van der Waals surface area contributed by atoms with E-state index in [0.29, 0.717) is 6.04 Å². The van der Waals surface area contributed by atoms with E-state index >= 15 is 0 Å². The number of rotatable bonds is 4. The van der Waals surface area contributed by atoms with Crippen molar-refractivity contribution in [2.75, 3.05) is 0 Å². The Bertz CT molecular complexity index is 618. The van der Waals surface area contributed by atoms with Crippen LogP contribution < -0.4 is 5.32 Å². The molecule has 0 atom stereocenters. The molecule has 1 N–H and O–H groups in total. The topological polar surface area (TPSA) is 35.8 Å². The summed E-state index contributed by atoms with van der Waals surface area (Å²) in [5, 5.41) is 17.5. The Morgan fingerprint density at radius 2 is 2.05 bits per heavy atom. The lowest BCUT2D eigenvalue weighted by Crippen LogP contribution is -2.50. The van der Waals surface area contributed by atoms with Crippen molar-refractivity contribution in [1.29, 1.82) is 5.26 Å². The van der Waals surface area contributed by atoms with Crippen molar-refractivity contribution < 1.29 is 0 Å². The van der Waals surface area contributed by atoms with E-state index in [0.717, 1.165) is 24.9 Å². The lowest BCUT2D eigenvalue weighted by molar-refractivity contribution is 0.225. The van der Waals surface area contributed by atoms with Gasteiger partial charge in [-0.25, -0.2) is 0 Å². The average molecular weight is 282 g/mol. The van der Waals surface area contributed by atoms with Crippen molar-refractivity contribution in [3.05, 3.63) is 57.8 Å². The summed E-state index contributed by atoms with van der Waals surface area (Å²) in [6.07, 6.45) is 1.83. The van der Waals surface area contributed by atoms with E-state index in [9.17, 15) is 5.26 Å². The number of nitriles is 1. The fourth-order valence-corrected chi connectivity index (χ4v) is 3.75. The molecule has 1 aromatic carbocycles. The van der Waals surface area contributed by atoms with Gasteiger partial charge in [0.05, 0.1) is 11.5 Å². The van der Waals surface area contributed by atoms with E-state index in [-0.39, 0.29) is 5.41 Å². The van der Waals surface area contributed by atoms with Crippen LogP contribution in [0.1, 0.15) is 29.5 Å². The number of hydrogen-bond acceptors (Lipinski definition) is 3. The van der Waals surface area contributed by atoms with Crippen molar-refractivity contribution in [2.24, 2.45) is 0 Å². The minimum atomic E-state index is -0.275. The van der Waals surface area contributed by atoms with Crippen molar-refractivity contribution >= 4 is 11.3 Å². The van der Waals surface area contributed by atoms with Crippen LogP contribution in [-0.4, -0.2) is 6.04 Å². The SMILES string of the molecule is Cc1cscc1CNC1CC(C#N)(c2ccccc2)C1. The smallest absolute Gasteiger partial charge is 0.0852 e. The number of nitrogens with one attached hydrogen (secondary N) is 1. The lowest BCUT2D eigenvalue weighted by atomic mass is 9.62. The molecule has 0 bridgehead atoms. The molecule has 102 valence electrons. The molecule has 0 spiro atoms. The average Bonchev–Trinajstić information content (AvgIpc) is 2.84. The van der Waals surface area contributed by atoms with E-state index in [1.54, 1.807) is 11.3 Å². The summed E-state index contributed by atoms with van der Waals surface area (Å²) in [5.74, 6) is 0. The molecule has 0 unspecified atom stereocenters. The Morgan fingerprint density at radius 1 is 1.30 bits per heavy atom. The highest BCUT2D eigenvalue weighted by Gasteiger charge is 2.45. The summed E-state index contributed by atoms with van der Waals surface area (Å²) >= 11 is 1.75. The highest BCUT2D eigenvalue weighted by atomic mass is 32.1. The van der Waals surface area contributed by atoms with Gasteiger partial charge in [-0.3, -0.25) is 0 Å². The number of benzene rings is 1. The summed E-state index contributed by atoms with van der Waals surface area (Å²) < 4.78 is 0. The van der Waals surface area contributed by atoms with Gasteiger partial charge in [-0.1, -0.05) is 30.3 Å². The zero-order valence-corrected chi connectivity index (χ0v) is 12.4. The first kappa shape index (κ1) is 13.4. The maximum Gasteiger partial charge on any atom is 0.0852 e. The second-order valence-corrected chi connectivity index (χ2v) is 6.37. The fraction of sp³-hybridized carbons (Fsp3) is 0.353. The fourth-order valence-electron chi connectivity index (χ4n) is 2.90. The maximum absolute atomic E-state index is 9.53. The van der Waals surface area contributed by atoms with E-state index in [4.69, 9.17) is 0 Å². The molecule has 1 fully saturated rings. The predicted octanol–water partition coefficient (Wildman–Crippen LogP) is 3.77.